The second-order valence-corrected chi connectivity index (χ2v) is 5.47. The van der Waals surface area contributed by atoms with Gasteiger partial charge < -0.3 is 9.47 Å². The van der Waals surface area contributed by atoms with Crippen molar-refractivity contribution in [2.24, 2.45) is 0 Å². The van der Waals surface area contributed by atoms with E-state index in [4.69, 9.17) is 9.47 Å². The Kier molecular flexibility index (Phi) is 4.35. The second kappa shape index (κ2) is 6.60. The molecule has 0 fully saturated rings. The summed E-state index contributed by atoms with van der Waals surface area (Å²) in [5.74, 6) is 1.01. The highest BCUT2D eigenvalue weighted by molar-refractivity contribution is 5.95. The lowest BCUT2D eigenvalue weighted by atomic mass is 10.1. The molecule has 6 nitrogen and oxygen atoms in total. The van der Waals surface area contributed by atoms with Crippen LogP contribution in [0.15, 0.2) is 54.6 Å². The Hall–Kier alpha value is -3.41. The van der Waals surface area contributed by atoms with Crippen LogP contribution in [0.25, 0.3) is 10.8 Å². The van der Waals surface area contributed by atoms with Crippen LogP contribution in [0.1, 0.15) is 17.3 Å². The number of nitro benzene ring substituents is 1. The van der Waals surface area contributed by atoms with Gasteiger partial charge in [0.25, 0.3) is 0 Å². The van der Waals surface area contributed by atoms with Gasteiger partial charge in [0.2, 0.25) is 5.75 Å². The van der Waals surface area contributed by atoms with Gasteiger partial charge in [-0.2, -0.15) is 0 Å². The van der Waals surface area contributed by atoms with Crippen molar-refractivity contribution in [3.63, 3.8) is 0 Å². The molecule has 25 heavy (non-hydrogen) atoms. The first-order valence-corrected chi connectivity index (χ1v) is 7.53. The molecule has 0 amide bonds. The minimum Gasteiger partial charge on any atom is -0.497 e. The summed E-state index contributed by atoms with van der Waals surface area (Å²) >= 11 is 0. The van der Waals surface area contributed by atoms with Crippen molar-refractivity contribution in [2.45, 2.75) is 6.92 Å². The average molecular weight is 337 g/mol. The third-order valence-electron chi connectivity index (χ3n) is 3.81. The molecule has 6 heteroatoms. The lowest BCUT2D eigenvalue weighted by Gasteiger charge is -2.09. The van der Waals surface area contributed by atoms with Crippen LogP contribution in [0.2, 0.25) is 0 Å². The highest BCUT2D eigenvalue weighted by Gasteiger charge is 2.18. The van der Waals surface area contributed by atoms with Gasteiger partial charge in [-0.05, 0) is 54.1 Å². The van der Waals surface area contributed by atoms with E-state index in [-0.39, 0.29) is 22.8 Å². The molecule has 0 heterocycles. The smallest absolute Gasteiger partial charge is 0.312 e. The first kappa shape index (κ1) is 16.4. The number of nitrogens with zero attached hydrogens (tertiary/aromatic N) is 1. The molecule has 0 aromatic heterocycles. The molecule has 126 valence electrons. The fourth-order valence-electron chi connectivity index (χ4n) is 2.49. The molecule has 0 saturated heterocycles. The van der Waals surface area contributed by atoms with Gasteiger partial charge in [-0.1, -0.05) is 12.1 Å². The molecule has 0 bridgehead atoms. The summed E-state index contributed by atoms with van der Waals surface area (Å²) < 4.78 is 10.9. The van der Waals surface area contributed by atoms with Crippen molar-refractivity contribution >= 4 is 22.2 Å². The van der Waals surface area contributed by atoms with E-state index in [1.807, 2.05) is 24.3 Å². The molecular formula is C19H15NO5. The maximum atomic E-state index is 11.4. The number of hydrogen-bond donors (Lipinski definition) is 0. The Bertz CT molecular complexity index is 981. The second-order valence-electron chi connectivity index (χ2n) is 5.47. The van der Waals surface area contributed by atoms with E-state index >= 15 is 0 Å². The monoisotopic (exact) mass is 337 g/mol. The van der Waals surface area contributed by atoms with E-state index in [1.54, 1.807) is 19.2 Å². The molecule has 3 aromatic rings. The zero-order chi connectivity index (χ0) is 18.0. The van der Waals surface area contributed by atoms with Gasteiger partial charge in [-0.15, -0.1) is 0 Å². The molecule has 0 saturated carbocycles. The molecule has 3 aromatic carbocycles. The van der Waals surface area contributed by atoms with Crippen LogP contribution >= 0.6 is 0 Å². The standard InChI is InChI=1S/C19H15NO5/c1-12(21)14-5-8-19(18(11-14)20(22)23)25-17-7-4-13-3-6-16(24-2)9-15(13)10-17/h3-11H,1-2H3. The predicted molar refractivity (Wildman–Crippen MR) is 93.7 cm³/mol. The van der Waals surface area contributed by atoms with Crippen LogP contribution in [0.4, 0.5) is 5.69 Å². The van der Waals surface area contributed by atoms with Crippen LogP contribution in [0, 0.1) is 10.1 Å². The van der Waals surface area contributed by atoms with Crippen molar-refractivity contribution in [2.75, 3.05) is 7.11 Å². The van der Waals surface area contributed by atoms with E-state index in [0.29, 0.717) is 11.5 Å². The number of nitro groups is 1. The maximum Gasteiger partial charge on any atom is 0.312 e. The number of carbonyl (C=O) groups is 1. The summed E-state index contributed by atoms with van der Waals surface area (Å²) in [6.45, 7) is 1.36. The number of ether oxygens (including phenoxy) is 2. The first-order valence-electron chi connectivity index (χ1n) is 7.53. The normalized spacial score (nSPS) is 10.5. The van der Waals surface area contributed by atoms with Crippen molar-refractivity contribution in [3.05, 3.63) is 70.3 Å². The van der Waals surface area contributed by atoms with Gasteiger partial charge in [0.1, 0.15) is 11.5 Å². The first-order chi connectivity index (χ1) is 12.0. The van der Waals surface area contributed by atoms with Gasteiger partial charge in [0.05, 0.1) is 12.0 Å². The number of hydrogen-bond acceptors (Lipinski definition) is 5. The molecule has 0 aliphatic carbocycles. The predicted octanol–water partition coefficient (Wildman–Crippen LogP) is 4.75. The molecule has 0 radical (unpaired) electrons. The van der Waals surface area contributed by atoms with Gasteiger partial charge in [-0.3, -0.25) is 14.9 Å². The third-order valence-corrected chi connectivity index (χ3v) is 3.81. The SMILES string of the molecule is COc1ccc2ccc(Oc3ccc(C(C)=O)cc3[N+](=O)[O-])cc2c1. The Morgan fingerprint density at radius 1 is 0.960 bits per heavy atom. The molecule has 0 aliphatic heterocycles. The zero-order valence-electron chi connectivity index (χ0n) is 13.7. The number of benzene rings is 3. The van der Waals surface area contributed by atoms with Gasteiger partial charge in [0, 0.05) is 11.6 Å². The van der Waals surface area contributed by atoms with Gasteiger partial charge in [0.15, 0.2) is 5.78 Å². The molecule has 3 rings (SSSR count). The van der Waals surface area contributed by atoms with Crippen molar-refractivity contribution in [3.8, 4) is 17.2 Å². The van der Waals surface area contributed by atoms with E-state index < -0.39 is 4.92 Å². The average Bonchev–Trinajstić information content (AvgIpc) is 2.61. The fourth-order valence-corrected chi connectivity index (χ4v) is 2.49. The summed E-state index contributed by atoms with van der Waals surface area (Å²) in [6.07, 6.45) is 0. The highest BCUT2D eigenvalue weighted by atomic mass is 16.6. The van der Waals surface area contributed by atoms with Gasteiger partial charge in [-0.25, -0.2) is 0 Å². The third kappa shape index (κ3) is 3.42. The minimum atomic E-state index is -0.564. The van der Waals surface area contributed by atoms with Crippen LogP contribution < -0.4 is 9.47 Å². The highest BCUT2D eigenvalue weighted by Crippen LogP contribution is 2.34. The molecular weight excluding hydrogens is 322 g/mol. The fraction of sp³-hybridized carbons (Fsp3) is 0.105. The summed E-state index contributed by atoms with van der Waals surface area (Å²) in [5, 5.41) is 13.2. The number of fused-ring (bicyclic) bond motifs is 1. The minimum absolute atomic E-state index is 0.0808. The van der Waals surface area contributed by atoms with E-state index in [2.05, 4.69) is 0 Å². The maximum absolute atomic E-state index is 11.4. The van der Waals surface area contributed by atoms with Crippen molar-refractivity contribution < 1.29 is 19.2 Å². The Labute approximate surface area is 143 Å². The van der Waals surface area contributed by atoms with E-state index in [1.165, 1.54) is 25.1 Å². The number of methoxy groups -OCH3 is 1. The largest absolute Gasteiger partial charge is 0.497 e. The number of Topliss-reactive ketones (excluding diaryl/α,β-unsaturated/α-hetero) is 1. The van der Waals surface area contributed by atoms with Crippen LogP contribution in [-0.4, -0.2) is 17.8 Å². The Balaban J connectivity index is 2.00. The lowest BCUT2D eigenvalue weighted by Crippen LogP contribution is -1.98. The topological polar surface area (TPSA) is 78.7 Å². The van der Waals surface area contributed by atoms with Gasteiger partial charge >= 0.3 is 5.69 Å². The van der Waals surface area contributed by atoms with E-state index in [0.717, 1.165) is 10.8 Å². The molecule has 0 aliphatic rings. The Morgan fingerprint density at radius 3 is 2.28 bits per heavy atom. The summed E-state index contributed by atoms with van der Waals surface area (Å²) in [6, 6.07) is 15.2. The molecule has 0 atom stereocenters. The van der Waals surface area contributed by atoms with Crippen LogP contribution in [0.3, 0.4) is 0 Å². The molecule has 0 N–H and O–H groups in total. The number of carbonyl (C=O) groups excluding carboxylic acids is 1. The summed E-state index contributed by atoms with van der Waals surface area (Å²) in [4.78, 5) is 22.1. The lowest BCUT2D eigenvalue weighted by molar-refractivity contribution is -0.385. The molecule has 0 unspecified atom stereocenters. The quantitative estimate of drug-likeness (QED) is 0.381. The van der Waals surface area contributed by atoms with E-state index in [9.17, 15) is 14.9 Å². The summed E-state index contributed by atoms with van der Waals surface area (Å²) in [7, 11) is 1.58. The van der Waals surface area contributed by atoms with Crippen LogP contribution in [0.5, 0.6) is 17.2 Å². The zero-order valence-corrected chi connectivity index (χ0v) is 13.7. The van der Waals surface area contributed by atoms with Crippen molar-refractivity contribution in [1.82, 2.24) is 0 Å². The molecule has 0 spiro atoms. The van der Waals surface area contributed by atoms with Crippen molar-refractivity contribution in [1.29, 1.82) is 0 Å². The number of rotatable bonds is 5. The van der Waals surface area contributed by atoms with Crippen LogP contribution in [-0.2, 0) is 0 Å². The Morgan fingerprint density at radius 2 is 1.64 bits per heavy atom. The summed E-state index contributed by atoms with van der Waals surface area (Å²) in [5.41, 5.74) is 0.0146. The number of ketones is 1.